The minimum absolute atomic E-state index is 0.0977. The van der Waals surface area contributed by atoms with Crippen molar-refractivity contribution < 1.29 is 33.3 Å². The Kier molecular flexibility index (Phi) is 12.0. The maximum atomic E-state index is 13.1. The predicted octanol–water partition coefficient (Wildman–Crippen LogP) is 1.41. The molecule has 0 saturated heterocycles. The van der Waals surface area contributed by atoms with E-state index in [0.717, 1.165) is 5.56 Å². The molecule has 10 nitrogen and oxygen atoms in total. The molecule has 174 valence electrons. The Morgan fingerprint density at radius 3 is 2.23 bits per heavy atom. The molecular formula is C21H33N3O7. The molecule has 0 heterocycles. The van der Waals surface area contributed by atoms with Crippen molar-refractivity contribution >= 4 is 17.9 Å². The van der Waals surface area contributed by atoms with Crippen LogP contribution in [0.15, 0.2) is 24.3 Å². The summed E-state index contributed by atoms with van der Waals surface area (Å²) < 4.78 is 20.9. The van der Waals surface area contributed by atoms with Crippen LogP contribution in [0.3, 0.4) is 0 Å². The van der Waals surface area contributed by atoms with Crippen LogP contribution in [0, 0.1) is 0 Å². The maximum absolute atomic E-state index is 13.1. The van der Waals surface area contributed by atoms with Gasteiger partial charge < -0.3 is 34.9 Å². The summed E-state index contributed by atoms with van der Waals surface area (Å²) in [5.74, 6) is -0.0241. The highest BCUT2D eigenvalue weighted by molar-refractivity contribution is 5.87. The Morgan fingerprint density at radius 2 is 1.71 bits per heavy atom. The smallest absolute Gasteiger partial charge is 0.404 e. The van der Waals surface area contributed by atoms with Crippen molar-refractivity contribution in [2.45, 2.75) is 46.1 Å². The molecule has 0 fully saturated rings. The summed E-state index contributed by atoms with van der Waals surface area (Å²) in [6, 6.07) is 6.54. The van der Waals surface area contributed by atoms with Gasteiger partial charge in [-0.25, -0.2) is 4.79 Å². The molecule has 0 saturated carbocycles. The average molecular weight is 440 g/mol. The van der Waals surface area contributed by atoms with Gasteiger partial charge in [-0.1, -0.05) is 12.1 Å². The number of amides is 3. The Bertz CT molecular complexity index is 691. The van der Waals surface area contributed by atoms with Gasteiger partial charge in [0.15, 0.2) is 6.29 Å². The Balaban J connectivity index is 2.86. The zero-order valence-corrected chi connectivity index (χ0v) is 18.6. The van der Waals surface area contributed by atoms with E-state index < -0.39 is 24.3 Å². The normalized spacial score (nSPS) is 11.6. The summed E-state index contributed by atoms with van der Waals surface area (Å²) >= 11 is 0. The first-order valence-electron chi connectivity index (χ1n) is 10.2. The highest BCUT2D eigenvalue weighted by Crippen LogP contribution is 2.15. The molecule has 0 radical (unpaired) electrons. The van der Waals surface area contributed by atoms with Gasteiger partial charge in [-0.05, 0) is 38.5 Å². The lowest BCUT2D eigenvalue weighted by atomic mass is 10.1. The van der Waals surface area contributed by atoms with Crippen molar-refractivity contribution in [3.05, 3.63) is 29.8 Å². The molecule has 1 unspecified atom stereocenters. The fourth-order valence-electron chi connectivity index (χ4n) is 2.78. The van der Waals surface area contributed by atoms with E-state index in [-0.39, 0.29) is 25.5 Å². The Labute approximate surface area is 182 Å². The summed E-state index contributed by atoms with van der Waals surface area (Å²) in [6.45, 7) is 6.48. The molecule has 31 heavy (non-hydrogen) atoms. The molecule has 3 amide bonds. The second-order valence-corrected chi connectivity index (χ2v) is 6.61. The third-order valence-corrected chi connectivity index (χ3v) is 4.24. The average Bonchev–Trinajstić information content (AvgIpc) is 2.73. The van der Waals surface area contributed by atoms with Gasteiger partial charge in [0, 0.05) is 19.8 Å². The number of ether oxygens (including phenoxy) is 4. The van der Waals surface area contributed by atoms with Crippen molar-refractivity contribution in [3.63, 3.8) is 0 Å². The van der Waals surface area contributed by atoms with Gasteiger partial charge in [0.1, 0.15) is 18.4 Å². The maximum Gasteiger partial charge on any atom is 0.404 e. The van der Waals surface area contributed by atoms with Crippen molar-refractivity contribution in [2.24, 2.45) is 5.73 Å². The van der Waals surface area contributed by atoms with Gasteiger partial charge >= 0.3 is 6.09 Å². The molecular weight excluding hydrogens is 406 g/mol. The largest absolute Gasteiger partial charge is 0.497 e. The molecule has 0 spiro atoms. The van der Waals surface area contributed by atoms with Gasteiger partial charge in [0.05, 0.1) is 20.1 Å². The van der Waals surface area contributed by atoms with E-state index in [2.05, 4.69) is 10.1 Å². The number of nitrogens with one attached hydrogen (secondary N) is 1. The van der Waals surface area contributed by atoms with E-state index in [1.165, 1.54) is 0 Å². The van der Waals surface area contributed by atoms with E-state index in [9.17, 15) is 14.4 Å². The number of nitrogens with zero attached hydrogens (tertiary/aromatic N) is 1. The van der Waals surface area contributed by atoms with Gasteiger partial charge in [-0.2, -0.15) is 0 Å². The number of carbonyl (C=O) groups excluding carboxylic acids is 3. The first-order valence-corrected chi connectivity index (χ1v) is 10.2. The third-order valence-electron chi connectivity index (χ3n) is 4.24. The van der Waals surface area contributed by atoms with Crippen LogP contribution >= 0.6 is 0 Å². The van der Waals surface area contributed by atoms with Gasteiger partial charge in [0.25, 0.3) is 0 Å². The molecule has 10 heteroatoms. The molecule has 1 aromatic rings. The highest BCUT2D eigenvalue weighted by atomic mass is 16.7. The summed E-state index contributed by atoms with van der Waals surface area (Å²) in [5, 5.41) is 2.61. The van der Waals surface area contributed by atoms with E-state index >= 15 is 0 Å². The minimum atomic E-state index is -0.958. The zero-order valence-electron chi connectivity index (χ0n) is 18.6. The summed E-state index contributed by atoms with van der Waals surface area (Å²) in [4.78, 5) is 37.3. The third kappa shape index (κ3) is 10.1. The van der Waals surface area contributed by atoms with Crippen molar-refractivity contribution in [2.75, 3.05) is 33.5 Å². The number of rotatable bonds is 14. The van der Waals surface area contributed by atoms with Crippen LogP contribution in [0.4, 0.5) is 4.79 Å². The molecule has 1 atom stereocenters. The Hall–Kier alpha value is -2.85. The highest BCUT2D eigenvalue weighted by Gasteiger charge is 2.25. The molecule has 0 aliphatic rings. The van der Waals surface area contributed by atoms with Crippen LogP contribution in [0.1, 0.15) is 32.8 Å². The van der Waals surface area contributed by atoms with Crippen LogP contribution in [0.5, 0.6) is 5.75 Å². The fourth-order valence-corrected chi connectivity index (χ4v) is 2.78. The van der Waals surface area contributed by atoms with Crippen molar-refractivity contribution in [3.8, 4) is 5.75 Å². The molecule has 3 N–H and O–H groups in total. The summed E-state index contributed by atoms with van der Waals surface area (Å²) in [5.41, 5.74) is 5.75. The molecule has 1 aromatic carbocycles. The summed E-state index contributed by atoms with van der Waals surface area (Å²) in [6.07, 6.45) is -1.65. The van der Waals surface area contributed by atoms with Crippen LogP contribution in [-0.2, 0) is 30.3 Å². The molecule has 0 aromatic heterocycles. The molecule has 1 rings (SSSR count). The minimum Gasteiger partial charge on any atom is -0.497 e. The first kappa shape index (κ1) is 26.2. The lowest BCUT2D eigenvalue weighted by Gasteiger charge is -2.30. The number of hydrogen-bond acceptors (Lipinski definition) is 7. The number of benzene rings is 1. The monoisotopic (exact) mass is 439 g/mol. The SMILES string of the molecule is CCOC(CN(Cc1ccc(OC)cc1)C(=O)C(C)NC(=O)CCOC(N)=O)OCC. The molecule has 0 aliphatic heterocycles. The second-order valence-electron chi connectivity index (χ2n) is 6.61. The fraction of sp³-hybridized carbons (Fsp3) is 0.571. The van der Waals surface area contributed by atoms with E-state index in [1.807, 2.05) is 38.1 Å². The van der Waals surface area contributed by atoms with Crippen LogP contribution in [0.25, 0.3) is 0 Å². The molecule has 0 bridgehead atoms. The topological polar surface area (TPSA) is 129 Å². The number of methoxy groups -OCH3 is 1. The quantitative estimate of drug-likeness (QED) is 0.419. The van der Waals surface area contributed by atoms with Crippen LogP contribution in [-0.4, -0.2) is 68.6 Å². The number of nitrogens with two attached hydrogens (primary N) is 1. The van der Waals surface area contributed by atoms with Gasteiger partial charge in [0.2, 0.25) is 11.8 Å². The lowest BCUT2D eigenvalue weighted by Crippen LogP contribution is -2.49. The second kappa shape index (κ2) is 14.2. The Morgan fingerprint density at radius 1 is 1.10 bits per heavy atom. The lowest BCUT2D eigenvalue weighted by molar-refractivity contribution is -0.161. The van der Waals surface area contributed by atoms with E-state index in [1.54, 1.807) is 18.9 Å². The van der Waals surface area contributed by atoms with Gasteiger partial charge in [-0.3, -0.25) is 9.59 Å². The van der Waals surface area contributed by atoms with Crippen LogP contribution < -0.4 is 15.8 Å². The number of carbonyl (C=O) groups is 3. The van der Waals surface area contributed by atoms with Crippen molar-refractivity contribution in [1.29, 1.82) is 0 Å². The van der Waals surface area contributed by atoms with Gasteiger partial charge in [-0.15, -0.1) is 0 Å². The standard InChI is InChI=1S/C21H33N3O7/c1-5-29-19(30-6-2)14-24(13-16-7-9-17(28-4)10-8-16)20(26)15(3)23-18(25)11-12-31-21(22)27/h7-10,15,19H,5-6,11-14H2,1-4H3,(H2,22,27)(H,23,25). The van der Waals surface area contributed by atoms with Crippen LogP contribution in [0.2, 0.25) is 0 Å². The number of hydrogen-bond donors (Lipinski definition) is 2. The molecule has 0 aliphatic carbocycles. The first-order chi connectivity index (χ1) is 14.8. The van der Waals surface area contributed by atoms with E-state index in [0.29, 0.717) is 25.5 Å². The number of primary amides is 1. The van der Waals surface area contributed by atoms with Crippen molar-refractivity contribution in [1.82, 2.24) is 10.2 Å². The zero-order chi connectivity index (χ0) is 23.2. The van der Waals surface area contributed by atoms with E-state index in [4.69, 9.17) is 19.9 Å². The predicted molar refractivity (Wildman–Crippen MR) is 113 cm³/mol. The summed E-state index contributed by atoms with van der Waals surface area (Å²) in [7, 11) is 1.58.